The molecular weight excluding hydrogens is 294 g/mol. The topological polar surface area (TPSA) is 21.7 Å². The minimum atomic E-state index is 0.383. The van der Waals surface area contributed by atoms with Gasteiger partial charge in [-0.05, 0) is 24.6 Å². The normalized spacial score (nSPS) is 12.9. The van der Waals surface area contributed by atoms with Crippen LogP contribution in [-0.2, 0) is 16.0 Å². The summed E-state index contributed by atoms with van der Waals surface area (Å²) in [6.45, 7) is 5.49. The predicted octanol–water partition coefficient (Wildman–Crippen LogP) is 2.93. The SMILES string of the molecule is COCCN(Cc1ccc(Br)cc1)C(C)COC. The summed E-state index contributed by atoms with van der Waals surface area (Å²) in [6.07, 6.45) is 0. The fourth-order valence-corrected chi connectivity index (χ4v) is 2.10. The number of benzene rings is 1. The van der Waals surface area contributed by atoms with Gasteiger partial charge < -0.3 is 9.47 Å². The number of nitrogens with zero attached hydrogens (tertiary/aromatic N) is 1. The Kier molecular flexibility index (Phi) is 7.51. The van der Waals surface area contributed by atoms with Crippen molar-refractivity contribution in [2.75, 3.05) is 34.0 Å². The fourth-order valence-electron chi connectivity index (χ4n) is 1.83. The quantitative estimate of drug-likeness (QED) is 0.736. The number of hydrogen-bond acceptors (Lipinski definition) is 3. The van der Waals surface area contributed by atoms with Crippen LogP contribution in [0.3, 0.4) is 0 Å². The Labute approximate surface area is 118 Å². The summed E-state index contributed by atoms with van der Waals surface area (Å²) in [6, 6.07) is 8.82. The summed E-state index contributed by atoms with van der Waals surface area (Å²) >= 11 is 3.45. The van der Waals surface area contributed by atoms with E-state index in [1.165, 1.54) is 5.56 Å². The summed E-state index contributed by atoms with van der Waals surface area (Å²) in [7, 11) is 3.48. The van der Waals surface area contributed by atoms with Crippen molar-refractivity contribution in [2.24, 2.45) is 0 Å². The largest absolute Gasteiger partial charge is 0.383 e. The molecule has 0 bridgehead atoms. The minimum absolute atomic E-state index is 0.383. The van der Waals surface area contributed by atoms with Crippen molar-refractivity contribution in [3.05, 3.63) is 34.3 Å². The lowest BCUT2D eigenvalue weighted by atomic mass is 10.2. The standard InChI is InChI=1S/C14H22BrNO2/c1-12(11-18-3)16(8-9-17-2)10-13-4-6-14(15)7-5-13/h4-7,12H,8-11H2,1-3H3. The van der Waals surface area contributed by atoms with E-state index < -0.39 is 0 Å². The highest BCUT2D eigenvalue weighted by Gasteiger charge is 2.13. The van der Waals surface area contributed by atoms with Crippen LogP contribution in [0.2, 0.25) is 0 Å². The van der Waals surface area contributed by atoms with Gasteiger partial charge >= 0.3 is 0 Å². The van der Waals surface area contributed by atoms with Crippen LogP contribution >= 0.6 is 15.9 Å². The van der Waals surface area contributed by atoms with E-state index in [9.17, 15) is 0 Å². The van der Waals surface area contributed by atoms with E-state index in [0.717, 1.165) is 30.8 Å². The first-order chi connectivity index (χ1) is 8.67. The Bertz CT molecular complexity index is 329. The molecule has 0 aliphatic rings. The Balaban J connectivity index is 2.61. The summed E-state index contributed by atoms with van der Waals surface area (Å²) in [5.74, 6) is 0. The molecule has 1 aromatic carbocycles. The van der Waals surface area contributed by atoms with Crippen molar-refractivity contribution >= 4 is 15.9 Å². The molecule has 0 saturated heterocycles. The zero-order valence-electron chi connectivity index (χ0n) is 11.4. The average molecular weight is 316 g/mol. The van der Waals surface area contributed by atoms with Gasteiger partial charge in [-0.3, -0.25) is 4.90 Å². The van der Waals surface area contributed by atoms with Gasteiger partial charge in [0.1, 0.15) is 0 Å². The molecule has 1 unspecified atom stereocenters. The van der Waals surface area contributed by atoms with Gasteiger partial charge in [-0.2, -0.15) is 0 Å². The van der Waals surface area contributed by atoms with Crippen LogP contribution in [0, 0.1) is 0 Å². The number of methoxy groups -OCH3 is 2. The molecule has 1 atom stereocenters. The maximum atomic E-state index is 5.23. The smallest absolute Gasteiger partial charge is 0.0615 e. The van der Waals surface area contributed by atoms with Crippen molar-refractivity contribution in [3.8, 4) is 0 Å². The molecule has 3 nitrogen and oxygen atoms in total. The summed E-state index contributed by atoms with van der Waals surface area (Å²) in [4.78, 5) is 2.37. The predicted molar refractivity (Wildman–Crippen MR) is 77.8 cm³/mol. The minimum Gasteiger partial charge on any atom is -0.383 e. The Morgan fingerprint density at radius 3 is 2.39 bits per heavy atom. The fraction of sp³-hybridized carbons (Fsp3) is 0.571. The van der Waals surface area contributed by atoms with E-state index in [-0.39, 0.29) is 0 Å². The van der Waals surface area contributed by atoms with Gasteiger partial charge in [0.2, 0.25) is 0 Å². The van der Waals surface area contributed by atoms with Crippen LogP contribution in [0.15, 0.2) is 28.7 Å². The maximum Gasteiger partial charge on any atom is 0.0615 e. The zero-order chi connectivity index (χ0) is 13.4. The Hall–Kier alpha value is -0.420. The molecule has 1 aromatic rings. The first-order valence-electron chi connectivity index (χ1n) is 6.13. The third kappa shape index (κ3) is 5.48. The maximum absolute atomic E-state index is 5.23. The molecule has 0 heterocycles. The van der Waals surface area contributed by atoms with Crippen LogP contribution in [0.5, 0.6) is 0 Å². The molecule has 0 spiro atoms. The highest BCUT2D eigenvalue weighted by Crippen LogP contribution is 2.13. The van der Waals surface area contributed by atoms with Crippen molar-refractivity contribution in [2.45, 2.75) is 19.5 Å². The van der Waals surface area contributed by atoms with Crippen LogP contribution < -0.4 is 0 Å². The molecule has 0 aliphatic heterocycles. The van der Waals surface area contributed by atoms with Gasteiger partial charge in [0.05, 0.1) is 13.2 Å². The van der Waals surface area contributed by atoms with Gasteiger partial charge in [-0.1, -0.05) is 28.1 Å². The van der Waals surface area contributed by atoms with Gasteiger partial charge in [-0.25, -0.2) is 0 Å². The lowest BCUT2D eigenvalue weighted by Gasteiger charge is -2.28. The lowest BCUT2D eigenvalue weighted by Crippen LogP contribution is -2.38. The first kappa shape index (κ1) is 15.6. The second-order valence-corrected chi connectivity index (χ2v) is 5.31. The number of halogens is 1. The highest BCUT2D eigenvalue weighted by molar-refractivity contribution is 9.10. The molecule has 0 fully saturated rings. The molecule has 18 heavy (non-hydrogen) atoms. The van der Waals surface area contributed by atoms with E-state index >= 15 is 0 Å². The van der Waals surface area contributed by atoms with Crippen LogP contribution in [0.1, 0.15) is 12.5 Å². The second kappa shape index (κ2) is 8.64. The second-order valence-electron chi connectivity index (χ2n) is 4.39. The summed E-state index contributed by atoms with van der Waals surface area (Å²) < 4.78 is 11.5. The average Bonchev–Trinajstić information content (AvgIpc) is 2.37. The molecular formula is C14H22BrNO2. The van der Waals surface area contributed by atoms with Gasteiger partial charge in [0.15, 0.2) is 0 Å². The highest BCUT2D eigenvalue weighted by atomic mass is 79.9. The van der Waals surface area contributed by atoms with Gasteiger partial charge in [0, 0.05) is 37.8 Å². The molecule has 102 valence electrons. The molecule has 0 N–H and O–H groups in total. The Morgan fingerprint density at radius 2 is 1.83 bits per heavy atom. The van der Waals surface area contributed by atoms with Gasteiger partial charge in [0.25, 0.3) is 0 Å². The Morgan fingerprint density at radius 1 is 1.17 bits per heavy atom. The van der Waals surface area contributed by atoms with Crippen molar-refractivity contribution < 1.29 is 9.47 Å². The van der Waals surface area contributed by atoms with Crippen molar-refractivity contribution in [1.29, 1.82) is 0 Å². The molecule has 0 aromatic heterocycles. The molecule has 4 heteroatoms. The zero-order valence-corrected chi connectivity index (χ0v) is 12.9. The monoisotopic (exact) mass is 315 g/mol. The van der Waals surface area contributed by atoms with E-state index in [2.05, 4.69) is 52.0 Å². The van der Waals surface area contributed by atoms with E-state index in [1.807, 2.05) is 0 Å². The van der Waals surface area contributed by atoms with Crippen LogP contribution in [0.25, 0.3) is 0 Å². The van der Waals surface area contributed by atoms with E-state index in [4.69, 9.17) is 9.47 Å². The van der Waals surface area contributed by atoms with Crippen molar-refractivity contribution in [3.63, 3.8) is 0 Å². The first-order valence-corrected chi connectivity index (χ1v) is 6.93. The van der Waals surface area contributed by atoms with Crippen molar-refractivity contribution in [1.82, 2.24) is 4.90 Å². The van der Waals surface area contributed by atoms with E-state index in [0.29, 0.717) is 6.04 Å². The third-order valence-electron chi connectivity index (χ3n) is 2.91. The molecule has 0 aliphatic carbocycles. The number of rotatable bonds is 8. The van der Waals surface area contributed by atoms with E-state index in [1.54, 1.807) is 14.2 Å². The lowest BCUT2D eigenvalue weighted by molar-refractivity contribution is 0.0705. The van der Waals surface area contributed by atoms with Crippen LogP contribution in [-0.4, -0.2) is 44.9 Å². The third-order valence-corrected chi connectivity index (χ3v) is 3.44. The number of hydrogen-bond donors (Lipinski definition) is 0. The van der Waals surface area contributed by atoms with Gasteiger partial charge in [-0.15, -0.1) is 0 Å². The summed E-state index contributed by atoms with van der Waals surface area (Å²) in [5, 5.41) is 0. The molecule has 0 amide bonds. The molecule has 1 rings (SSSR count). The summed E-state index contributed by atoms with van der Waals surface area (Å²) in [5.41, 5.74) is 1.30. The van der Waals surface area contributed by atoms with Crippen LogP contribution in [0.4, 0.5) is 0 Å². The number of ether oxygens (including phenoxy) is 2. The molecule has 0 saturated carbocycles. The molecule has 0 radical (unpaired) electrons.